The van der Waals surface area contributed by atoms with Gasteiger partial charge in [-0.3, -0.25) is 9.80 Å². The molecule has 3 aromatic rings. The van der Waals surface area contributed by atoms with Crippen molar-refractivity contribution in [1.29, 1.82) is 0 Å². The first-order chi connectivity index (χ1) is 17.9. The molecular weight excluding hydrogens is 520 g/mol. The van der Waals surface area contributed by atoms with E-state index in [0.29, 0.717) is 11.6 Å². The number of allylic oxidation sites excluding steroid dienone is 4. The number of fused-ring (bicyclic) bond motifs is 2. The van der Waals surface area contributed by atoms with E-state index in [1.165, 1.54) is 0 Å². The minimum absolute atomic E-state index is 0.210. The van der Waals surface area contributed by atoms with Crippen LogP contribution in [0.5, 0.6) is 0 Å². The summed E-state index contributed by atoms with van der Waals surface area (Å²) in [7, 11) is 0. The lowest BCUT2D eigenvalue weighted by Gasteiger charge is -2.18. The second-order valence-corrected chi connectivity index (χ2v) is 11.5. The van der Waals surface area contributed by atoms with Gasteiger partial charge >= 0.3 is 5.97 Å². The summed E-state index contributed by atoms with van der Waals surface area (Å²) < 4.78 is 6.31. The molecule has 3 N–H and O–H groups in total. The Balaban J connectivity index is 0.000000617. The molecule has 0 amide bonds. The monoisotopic (exact) mass is 552 g/mol. The van der Waals surface area contributed by atoms with Crippen LogP contribution in [0.25, 0.3) is 26.9 Å². The number of halogens is 1. The largest absolute Gasteiger partial charge is 0.466 e. The Morgan fingerprint density at radius 1 is 1.21 bits per heavy atom. The molecule has 9 heteroatoms. The average molecular weight is 553 g/mol. The summed E-state index contributed by atoms with van der Waals surface area (Å²) in [5, 5.41) is 12.1. The molecule has 200 valence electrons. The van der Waals surface area contributed by atoms with E-state index in [1.807, 2.05) is 62.3 Å². The molecule has 2 aliphatic heterocycles. The highest BCUT2D eigenvalue weighted by atomic mass is 35.5. The van der Waals surface area contributed by atoms with E-state index >= 15 is 0 Å². The molecule has 0 bridgehead atoms. The van der Waals surface area contributed by atoms with Crippen LogP contribution in [0.3, 0.4) is 0 Å². The Hall–Kier alpha value is -3.17. The van der Waals surface area contributed by atoms with Gasteiger partial charge in [-0.25, -0.2) is 4.98 Å². The number of aryl methyl sites for hydroxylation is 1. The van der Waals surface area contributed by atoms with Gasteiger partial charge in [-0.2, -0.15) is 0 Å². The van der Waals surface area contributed by atoms with Gasteiger partial charge in [0.15, 0.2) is 0 Å². The van der Waals surface area contributed by atoms with Gasteiger partial charge in [-0.15, -0.1) is 16.9 Å². The van der Waals surface area contributed by atoms with Crippen molar-refractivity contribution < 1.29 is 14.6 Å². The number of hydrazine groups is 2. The zero-order valence-corrected chi connectivity index (χ0v) is 24.0. The van der Waals surface area contributed by atoms with Gasteiger partial charge in [-0.1, -0.05) is 23.7 Å². The van der Waals surface area contributed by atoms with Crippen molar-refractivity contribution in [2.45, 2.75) is 53.6 Å². The number of rotatable bonds is 5. The van der Waals surface area contributed by atoms with Crippen molar-refractivity contribution in [2.75, 3.05) is 6.61 Å². The standard InChI is InChI=1S/C25H23ClN4O2S.C4H10O/c1-4-32-22(31)13-19-14(2)11-20-24(23(19)16-5-7-18(26)8-6-16)33-25(27-20)17-9-10-30-21(12-17)15(3)28-29-30;1-4(2,3)5/h5-12,28-29H,4,13H2,1-3H3;5H,1-3H3. The van der Waals surface area contributed by atoms with E-state index in [9.17, 15) is 4.79 Å². The lowest BCUT2D eigenvalue weighted by Crippen LogP contribution is -2.34. The number of carbonyl (C=O) groups excluding carboxylic acids is 1. The van der Waals surface area contributed by atoms with Crippen LogP contribution in [0.4, 0.5) is 0 Å². The van der Waals surface area contributed by atoms with Gasteiger partial charge in [0.1, 0.15) is 5.01 Å². The molecule has 1 aromatic heterocycles. The summed E-state index contributed by atoms with van der Waals surface area (Å²) in [5.41, 5.74) is 13.8. The predicted molar refractivity (Wildman–Crippen MR) is 155 cm³/mol. The number of benzene rings is 2. The Morgan fingerprint density at radius 2 is 1.89 bits per heavy atom. The normalized spacial score (nSPS) is 14.6. The lowest BCUT2D eigenvalue weighted by molar-refractivity contribution is -0.142. The quantitative estimate of drug-likeness (QED) is 0.321. The van der Waals surface area contributed by atoms with Crippen LogP contribution in [0.15, 0.2) is 60.1 Å². The SMILES string of the molecule is CC(C)(C)O.CCOC(=O)Cc1c(C)cc2nc(C3=CC4=C(C)NNN4C=C3)sc2c1-c1ccc(Cl)cc1. The third-order valence-corrected chi connectivity index (χ3v) is 7.11. The third kappa shape index (κ3) is 6.45. The summed E-state index contributed by atoms with van der Waals surface area (Å²) in [6.07, 6.45) is 6.36. The molecule has 2 aliphatic rings. The highest BCUT2D eigenvalue weighted by Gasteiger charge is 2.23. The van der Waals surface area contributed by atoms with Crippen LogP contribution >= 0.6 is 22.9 Å². The third-order valence-electron chi connectivity index (χ3n) is 5.72. The zero-order chi connectivity index (χ0) is 27.6. The molecule has 0 fully saturated rings. The van der Waals surface area contributed by atoms with E-state index in [-0.39, 0.29) is 12.4 Å². The van der Waals surface area contributed by atoms with Gasteiger partial charge in [0.25, 0.3) is 0 Å². The lowest BCUT2D eigenvalue weighted by atomic mass is 9.93. The molecule has 0 aliphatic carbocycles. The molecule has 38 heavy (non-hydrogen) atoms. The van der Waals surface area contributed by atoms with Crippen molar-refractivity contribution in [2.24, 2.45) is 0 Å². The van der Waals surface area contributed by atoms with E-state index in [0.717, 1.165) is 54.4 Å². The number of nitrogens with one attached hydrogen (secondary N) is 2. The number of thiazole rings is 1. The minimum atomic E-state index is -0.500. The van der Waals surface area contributed by atoms with Crippen molar-refractivity contribution in [3.8, 4) is 11.1 Å². The van der Waals surface area contributed by atoms with Crippen LogP contribution in [-0.4, -0.2) is 33.3 Å². The number of aromatic nitrogens is 1. The first kappa shape index (κ1) is 27.9. The number of carbonyl (C=O) groups is 1. The fraction of sp³-hybridized carbons (Fsp3) is 0.310. The summed E-state index contributed by atoms with van der Waals surface area (Å²) >= 11 is 7.79. The van der Waals surface area contributed by atoms with E-state index < -0.39 is 5.60 Å². The van der Waals surface area contributed by atoms with Crippen LogP contribution in [0.1, 0.15) is 50.8 Å². The van der Waals surface area contributed by atoms with Crippen molar-refractivity contribution in [3.05, 3.63) is 81.2 Å². The Labute approximate surface area is 232 Å². The van der Waals surface area contributed by atoms with Crippen LogP contribution in [-0.2, 0) is 16.0 Å². The first-order valence-electron chi connectivity index (χ1n) is 12.4. The van der Waals surface area contributed by atoms with Gasteiger partial charge in [0.2, 0.25) is 0 Å². The summed E-state index contributed by atoms with van der Waals surface area (Å²) in [6, 6.07) is 9.79. The molecule has 0 saturated carbocycles. The molecule has 7 nitrogen and oxygen atoms in total. The molecular formula is C29H33ClN4O3S. The van der Waals surface area contributed by atoms with Crippen LogP contribution in [0, 0.1) is 6.92 Å². The fourth-order valence-corrected chi connectivity index (χ4v) is 5.35. The summed E-state index contributed by atoms with van der Waals surface area (Å²) in [5.74, 6) is -0.235. The molecule has 0 radical (unpaired) electrons. The fourth-order valence-electron chi connectivity index (χ4n) is 4.09. The maximum Gasteiger partial charge on any atom is 0.310 e. The Kier molecular flexibility index (Phi) is 8.28. The van der Waals surface area contributed by atoms with Crippen LogP contribution in [0.2, 0.25) is 5.02 Å². The number of esters is 1. The molecule has 3 heterocycles. The maximum absolute atomic E-state index is 12.4. The molecule has 2 aromatic carbocycles. The zero-order valence-electron chi connectivity index (χ0n) is 22.5. The van der Waals surface area contributed by atoms with Crippen molar-refractivity contribution >= 4 is 44.7 Å². The van der Waals surface area contributed by atoms with Gasteiger partial charge in [0.05, 0.1) is 40.2 Å². The van der Waals surface area contributed by atoms with Gasteiger partial charge in [0, 0.05) is 22.4 Å². The molecule has 0 saturated heterocycles. The summed E-state index contributed by atoms with van der Waals surface area (Å²) in [4.78, 5) is 17.4. The highest BCUT2D eigenvalue weighted by Crippen LogP contribution is 2.41. The minimum Gasteiger partial charge on any atom is -0.466 e. The Bertz CT molecular complexity index is 1440. The smallest absolute Gasteiger partial charge is 0.310 e. The molecule has 0 spiro atoms. The summed E-state index contributed by atoms with van der Waals surface area (Å²) in [6.45, 7) is 11.5. The number of hydrogen-bond acceptors (Lipinski definition) is 8. The van der Waals surface area contributed by atoms with Gasteiger partial charge < -0.3 is 15.3 Å². The number of hydrogen-bond donors (Lipinski definition) is 3. The number of aliphatic hydroxyl groups is 1. The van der Waals surface area contributed by atoms with E-state index in [2.05, 4.69) is 23.1 Å². The van der Waals surface area contributed by atoms with Crippen LogP contribution < -0.4 is 11.0 Å². The maximum atomic E-state index is 12.4. The average Bonchev–Trinajstić information content (AvgIpc) is 3.42. The number of ether oxygens (including phenoxy) is 1. The van der Waals surface area contributed by atoms with E-state index in [4.69, 9.17) is 26.4 Å². The molecule has 0 unspecified atom stereocenters. The second-order valence-electron chi connectivity index (χ2n) is 10.1. The predicted octanol–water partition coefficient (Wildman–Crippen LogP) is 6.27. The van der Waals surface area contributed by atoms with Crippen molar-refractivity contribution in [3.63, 3.8) is 0 Å². The molecule has 5 rings (SSSR count). The van der Waals surface area contributed by atoms with Gasteiger partial charge in [-0.05, 0) is 88.6 Å². The topological polar surface area (TPSA) is 86.7 Å². The highest BCUT2D eigenvalue weighted by molar-refractivity contribution is 7.20. The van der Waals surface area contributed by atoms with Crippen molar-refractivity contribution in [1.82, 2.24) is 21.0 Å². The second kappa shape index (κ2) is 11.3. The number of nitrogens with zero attached hydrogens (tertiary/aromatic N) is 2. The van der Waals surface area contributed by atoms with E-state index in [1.54, 1.807) is 32.1 Å². The first-order valence-corrected chi connectivity index (χ1v) is 13.6. The Morgan fingerprint density at radius 3 is 2.55 bits per heavy atom. The molecule has 0 atom stereocenters.